The molecular weight excluding hydrogens is 390 g/mol. The van der Waals surface area contributed by atoms with Crippen LogP contribution in [0.3, 0.4) is 0 Å². The van der Waals surface area contributed by atoms with Crippen molar-refractivity contribution < 1.29 is 9.59 Å². The molecule has 1 fully saturated rings. The first-order valence-corrected chi connectivity index (χ1v) is 10.7. The lowest BCUT2D eigenvalue weighted by molar-refractivity contribution is -0.116. The average Bonchev–Trinajstić information content (AvgIpc) is 2.78. The van der Waals surface area contributed by atoms with Gasteiger partial charge in [-0.2, -0.15) is 0 Å². The number of nitrogens with one attached hydrogen (secondary N) is 1. The Kier molecular flexibility index (Phi) is 5.89. The third-order valence-electron chi connectivity index (χ3n) is 5.94. The molecule has 2 aromatic carbocycles. The van der Waals surface area contributed by atoms with Gasteiger partial charge >= 0.3 is 0 Å². The Morgan fingerprint density at radius 3 is 2.32 bits per heavy atom. The molecule has 1 aliphatic heterocycles. The molecule has 0 atom stereocenters. The molecule has 4 rings (SSSR count). The van der Waals surface area contributed by atoms with E-state index in [2.05, 4.69) is 5.32 Å². The normalized spacial score (nSPS) is 13.9. The molecule has 2 amide bonds. The zero-order chi connectivity index (χ0) is 22.0. The fraction of sp³-hybridized carbons (Fsp3) is 0.320. The summed E-state index contributed by atoms with van der Waals surface area (Å²) in [5.41, 5.74) is 3.35. The number of piperidine rings is 1. The SMILES string of the molecule is Cc1cccc(C)c1NC(=O)Cn1c(=O)cc(C(=O)N2CCCCC2)c2ccccc21. The highest BCUT2D eigenvalue weighted by atomic mass is 16.2. The number of amides is 2. The number of carbonyl (C=O) groups excluding carboxylic acids is 2. The van der Waals surface area contributed by atoms with Crippen molar-refractivity contribution in [3.8, 4) is 0 Å². The van der Waals surface area contributed by atoms with Crippen molar-refractivity contribution in [2.75, 3.05) is 18.4 Å². The number of hydrogen-bond donors (Lipinski definition) is 1. The van der Waals surface area contributed by atoms with Gasteiger partial charge in [-0.15, -0.1) is 0 Å². The number of likely N-dealkylation sites (tertiary alicyclic amines) is 1. The fourth-order valence-electron chi connectivity index (χ4n) is 4.28. The maximum absolute atomic E-state index is 13.1. The van der Waals surface area contributed by atoms with Crippen LogP contribution in [0.1, 0.15) is 40.7 Å². The number of carbonyl (C=O) groups is 2. The zero-order valence-corrected chi connectivity index (χ0v) is 18.0. The maximum Gasteiger partial charge on any atom is 0.254 e. The third-order valence-corrected chi connectivity index (χ3v) is 5.94. The van der Waals surface area contributed by atoms with E-state index in [4.69, 9.17) is 0 Å². The molecule has 6 nitrogen and oxygen atoms in total. The summed E-state index contributed by atoms with van der Waals surface area (Å²) in [6, 6.07) is 14.5. The highest BCUT2D eigenvalue weighted by Crippen LogP contribution is 2.22. The van der Waals surface area contributed by atoms with Gasteiger partial charge in [-0.05, 0) is 50.3 Å². The van der Waals surface area contributed by atoms with E-state index in [0.717, 1.165) is 36.1 Å². The third kappa shape index (κ3) is 4.24. The summed E-state index contributed by atoms with van der Waals surface area (Å²) in [5, 5.41) is 3.63. The van der Waals surface area contributed by atoms with Crippen LogP contribution in [0.4, 0.5) is 5.69 Å². The minimum Gasteiger partial charge on any atom is -0.339 e. The van der Waals surface area contributed by atoms with Crippen LogP contribution in [0.2, 0.25) is 0 Å². The van der Waals surface area contributed by atoms with Crippen molar-refractivity contribution in [1.29, 1.82) is 0 Å². The van der Waals surface area contributed by atoms with Crippen LogP contribution in [-0.2, 0) is 11.3 Å². The Labute approximate surface area is 181 Å². The van der Waals surface area contributed by atoms with E-state index in [1.807, 2.05) is 55.1 Å². The minimum atomic E-state index is -0.351. The summed E-state index contributed by atoms with van der Waals surface area (Å²) < 4.78 is 1.44. The molecule has 2 heterocycles. The molecule has 3 aromatic rings. The van der Waals surface area contributed by atoms with Gasteiger partial charge in [0.1, 0.15) is 6.54 Å². The smallest absolute Gasteiger partial charge is 0.254 e. The monoisotopic (exact) mass is 417 g/mol. The average molecular weight is 418 g/mol. The number of nitrogens with zero attached hydrogens (tertiary/aromatic N) is 2. The predicted molar refractivity (Wildman–Crippen MR) is 123 cm³/mol. The van der Waals surface area contributed by atoms with Gasteiger partial charge in [-0.1, -0.05) is 36.4 Å². The molecular formula is C25H27N3O3. The summed E-state index contributed by atoms with van der Waals surface area (Å²) in [6.07, 6.45) is 3.10. The molecule has 0 unspecified atom stereocenters. The lowest BCUT2D eigenvalue weighted by atomic mass is 10.0. The number of anilines is 1. The minimum absolute atomic E-state index is 0.111. The van der Waals surface area contributed by atoms with Gasteiger partial charge in [0.05, 0.1) is 11.1 Å². The number of aryl methyl sites for hydroxylation is 2. The number of aromatic nitrogens is 1. The van der Waals surface area contributed by atoms with Crippen LogP contribution in [0, 0.1) is 13.8 Å². The van der Waals surface area contributed by atoms with Crippen LogP contribution < -0.4 is 10.9 Å². The summed E-state index contributed by atoms with van der Waals surface area (Å²) in [5.74, 6) is -0.389. The maximum atomic E-state index is 13.1. The van der Waals surface area contributed by atoms with Crippen molar-refractivity contribution in [3.63, 3.8) is 0 Å². The van der Waals surface area contributed by atoms with Gasteiger partial charge in [-0.3, -0.25) is 19.0 Å². The first-order chi connectivity index (χ1) is 15.0. The number of hydrogen-bond acceptors (Lipinski definition) is 3. The molecule has 1 aliphatic rings. The highest BCUT2D eigenvalue weighted by Gasteiger charge is 2.22. The Bertz CT molecular complexity index is 1190. The molecule has 0 aliphatic carbocycles. The molecule has 31 heavy (non-hydrogen) atoms. The standard InChI is InChI=1S/C25H27N3O3/c1-17-9-8-10-18(2)24(17)26-22(29)16-28-21-12-5-4-11-19(21)20(15-23(28)30)25(31)27-13-6-3-7-14-27/h4-5,8-12,15H,3,6-7,13-14,16H2,1-2H3,(H,26,29). The predicted octanol–water partition coefficient (Wildman–Crippen LogP) is 3.88. The number of fused-ring (bicyclic) bond motifs is 1. The van der Waals surface area contributed by atoms with Gasteiger partial charge in [0, 0.05) is 30.2 Å². The summed E-state index contributed by atoms with van der Waals surface area (Å²) in [7, 11) is 0. The first-order valence-electron chi connectivity index (χ1n) is 10.7. The Balaban J connectivity index is 1.68. The zero-order valence-electron chi connectivity index (χ0n) is 18.0. The molecule has 1 saturated heterocycles. The second-order valence-electron chi connectivity index (χ2n) is 8.17. The lowest BCUT2D eigenvalue weighted by Crippen LogP contribution is -2.37. The van der Waals surface area contributed by atoms with Crippen molar-refractivity contribution >= 4 is 28.4 Å². The molecule has 0 saturated carbocycles. The van der Waals surface area contributed by atoms with Gasteiger partial charge in [0.15, 0.2) is 0 Å². The molecule has 1 N–H and O–H groups in total. The van der Waals surface area contributed by atoms with E-state index < -0.39 is 0 Å². The number of benzene rings is 2. The van der Waals surface area contributed by atoms with Gasteiger partial charge in [0.25, 0.3) is 11.5 Å². The topological polar surface area (TPSA) is 71.4 Å². The molecule has 0 radical (unpaired) electrons. The largest absolute Gasteiger partial charge is 0.339 e. The summed E-state index contributed by atoms with van der Waals surface area (Å²) >= 11 is 0. The molecule has 0 bridgehead atoms. The lowest BCUT2D eigenvalue weighted by Gasteiger charge is -2.27. The number of rotatable bonds is 4. The quantitative estimate of drug-likeness (QED) is 0.700. The van der Waals surface area contributed by atoms with Crippen molar-refractivity contribution in [2.45, 2.75) is 39.7 Å². The molecule has 160 valence electrons. The van der Waals surface area contributed by atoms with Crippen LogP contribution in [0.5, 0.6) is 0 Å². The Hall–Kier alpha value is -3.41. The molecule has 6 heteroatoms. The van der Waals surface area contributed by atoms with Gasteiger partial charge in [0.2, 0.25) is 5.91 Å². The van der Waals surface area contributed by atoms with Crippen LogP contribution in [-0.4, -0.2) is 34.4 Å². The first kappa shape index (κ1) is 20.8. The van der Waals surface area contributed by atoms with E-state index in [9.17, 15) is 14.4 Å². The van der Waals surface area contributed by atoms with Crippen LogP contribution >= 0.6 is 0 Å². The van der Waals surface area contributed by atoms with E-state index in [1.54, 1.807) is 6.07 Å². The van der Waals surface area contributed by atoms with Gasteiger partial charge < -0.3 is 10.2 Å². The van der Waals surface area contributed by atoms with Crippen molar-refractivity contribution in [3.05, 3.63) is 75.6 Å². The molecule has 1 aromatic heterocycles. The summed E-state index contributed by atoms with van der Waals surface area (Å²) in [6.45, 7) is 5.19. The van der Waals surface area contributed by atoms with Crippen molar-refractivity contribution in [2.24, 2.45) is 0 Å². The number of para-hydroxylation sites is 2. The Morgan fingerprint density at radius 1 is 0.935 bits per heavy atom. The summed E-state index contributed by atoms with van der Waals surface area (Å²) in [4.78, 5) is 40.7. The second kappa shape index (κ2) is 8.76. The fourth-order valence-corrected chi connectivity index (χ4v) is 4.28. The van der Waals surface area contributed by atoms with E-state index >= 15 is 0 Å². The van der Waals surface area contributed by atoms with E-state index in [0.29, 0.717) is 29.6 Å². The van der Waals surface area contributed by atoms with Crippen LogP contribution in [0.15, 0.2) is 53.3 Å². The van der Waals surface area contributed by atoms with Crippen LogP contribution in [0.25, 0.3) is 10.9 Å². The Morgan fingerprint density at radius 2 is 1.61 bits per heavy atom. The highest BCUT2D eigenvalue weighted by molar-refractivity contribution is 6.06. The van der Waals surface area contributed by atoms with E-state index in [-0.39, 0.29) is 23.9 Å². The molecule has 0 spiro atoms. The second-order valence-corrected chi connectivity index (χ2v) is 8.17. The van der Waals surface area contributed by atoms with E-state index in [1.165, 1.54) is 10.6 Å². The van der Waals surface area contributed by atoms with Crippen molar-refractivity contribution in [1.82, 2.24) is 9.47 Å². The van der Waals surface area contributed by atoms with Gasteiger partial charge in [-0.25, -0.2) is 0 Å². The number of pyridine rings is 1.